The summed E-state index contributed by atoms with van der Waals surface area (Å²) in [5, 5.41) is 24.5. The maximum Gasteiger partial charge on any atom is 0.243 e. The van der Waals surface area contributed by atoms with Crippen molar-refractivity contribution in [3.05, 3.63) is 47.2 Å². The molecule has 0 spiro atoms. The summed E-state index contributed by atoms with van der Waals surface area (Å²) in [4.78, 5) is 0. The van der Waals surface area contributed by atoms with E-state index in [-0.39, 0.29) is 5.90 Å². The van der Waals surface area contributed by atoms with E-state index in [1.54, 1.807) is 0 Å². The molecule has 0 radical (unpaired) electrons. The number of nitrogens with zero attached hydrogens (tertiary/aromatic N) is 2. The second kappa shape index (κ2) is 4.20. The van der Waals surface area contributed by atoms with E-state index in [0.29, 0.717) is 5.88 Å². The minimum atomic E-state index is -0.673. The zero-order chi connectivity index (χ0) is 14.3. The summed E-state index contributed by atoms with van der Waals surface area (Å²) < 4.78 is 5.39. The molecule has 2 N–H and O–H groups in total. The Kier molecular flexibility index (Phi) is 2.61. The molecule has 2 atom stereocenters. The van der Waals surface area contributed by atoms with Crippen LogP contribution in [0.1, 0.15) is 23.7 Å². The van der Waals surface area contributed by atoms with Crippen LogP contribution in [-0.4, -0.2) is 16.1 Å². The number of hydrogen-bond acceptors (Lipinski definition) is 4. The van der Waals surface area contributed by atoms with Crippen molar-refractivity contribution in [3.8, 4) is 11.9 Å². The van der Waals surface area contributed by atoms with E-state index in [4.69, 9.17) is 10.1 Å². The van der Waals surface area contributed by atoms with Crippen molar-refractivity contribution >= 4 is 5.90 Å². The molecule has 1 aromatic heterocycles. The van der Waals surface area contributed by atoms with Crippen molar-refractivity contribution in [2.75, 3.05) is 0 Å². The molecule has 3 rings (SSSR count). The van der Waals surface area contributed by atoms with Crippen molar-refractivity contribution < 1.29 is 4.74 Å². The van der Waals surface area contributed by atoms with Gasteiger partial charge in [-0.2, -0.15) is 5.26 Å². The van der Waals surface area contributed by atoms with Crippen LogP contribution >= 0.6 is 0 Å². The standard InChI is InChI=1S/C15H14N4O/c1-9-12-14(19-18-9)20-13(17)11(8-16)15(12,2)10-6-4-3-5-7-10/h3-7,11,17H,1-2H3,(H,18,19). The first-order chi connectivity index (χ1) is 9.59. The molecule has 0 saturated carbocycles. The number of fused-ring (bicyclic) bond motifs is 1. The van der Waals surface area contributed by atoms with Crippen LogP contribution in [0, 0.1) is 29.6 Å². The predicted molar refractivity (Wildman–Crippen MR) is 73.7 cm³/mol. The van der Waals surface area contributed by atoms with Crippen molar-refractivity contribution in [1.29, 1.82) is 10.7 Å². The third-order valence-electron chi connectivity index (χ3n) is 3.98. The fourth-order valence-corrected chi connectivity index (χ4v) is 2.95. The van der Waals surface area contributed by atoms with Crippen LogP contribution in [0.4, 0.5) is 0 Å². The number of hydrogen-bond donors (Lipinski definition) is 2. The highest BCUT2D eigenvalue weighted by molar-refractivity contribution is 5.86. The lowest BCUT2D eigenvalue weighted by Gasteiger charge is -2.37. The Morgan fingerprint density at radius 1 is 1.40 bits per heavy atom. The van der Waals surface area contributed by atoms with E-state index in [0.717, 1.165) is 16.8 Å². The quantitative estimate of drug-likeness (QED) is 0.831. The summed E-state index contributed by atoms with van der Waals surface area (Å²) in [6, 6.07) is 12.0. The molecule has 1 aliphatic heterocycles. The monoisotopic (exact) mass is 266 g/mol. The first kappa shape index (κ1) is 12.4. The number of H-pyrrole nitrogens is 1. The fraction of sp³-hybridized carbons (Fsp3) is 0.267. The van der Waals surface area contributed by atoms with E-state index in [1.807, 2.05) is 44.2 Å². The molecule has 5 nitrogen and oxygen atoms in total. The van der Waals surface area contributed by atoms with Gasteiger partial charge in [0.15, 0.2) is 0 Å². The number of rotatable bonds is 1. The molecule has 5 heteroatoms. The Hall–Kier alpha value is -2.61. The van der Waals surface area contributed by atoms with Gasteiger partial charge in [0.2, 0.25) is 11.8 Å². The van der Waals surface area contributed by atoms with Crippen LogP contribution in [0.5, 0.6) is 5.88 Å². The summed E-state index contributed by atoms with van der Waals surface area (Å²) in [5.41, 5.74) is 2.05. The smallest absolute Gasteiger partial charge is 0.243 e. The molecule has 0 bridgehead atoms. The normalized spacial score (nSPS) is 24.6. The number of aromatic amines is 1. The second-order valence-corrected chi connectivity index (χ2v) is 5.13. The number of aromatic nitrogens is 2. The molecule has 0 saturated heterocycles. The molecule has 1 aromatic carbocycles. The van der Waals surface area contributed by atoms with Crippen LogP contribution in [0.2, 0.25) is 0 Å². The summed E-state index contributed by atoms with van der Waals surface area (Å²) in [6.07, 6.45) is 0. The molecule has 2 aromatic rings. The topological polar surface area (TPSA) is 85.5 Å². The minimum absolute atomic E-state index is 0.0575. The lowest BCUT2D eigenvalue weighted by Crippen LogP contribution is -2.43. The number of aryl methyl sites for hydroxylation is 1. The fourth-order valence-electron chi connectivity index (χ4n) is 2.95. The third-order valence-corrected chi connectivity index (χ3v) is 3.98. The molecular weight excluding hydrogens is 252 g/mol. The zero-order valence-electron chi connectivity index (χ0n) is 11.3. The second-order valence-electron chi connectivity index (χ2n) is 5.13. The number of ether oxygens (including phenoxy) is 1. The van der Waals surface area contributed by atoms with Crippen LogP contribution in [0.15, 0.2) is 30.3 Å². The number of nitriles is 1. The van der Waals surface area contributed by atoms with E-state index in [2.05, 4.69) is 16.3 Å². The van der Waals surface area contributed by atoms with Gasteiger partial charge in [0.25, 0.3) is 0 Å². The first-order valence-electron chi connectivity index (χ1n) is 6.36. The van der Waals surface area contributed by atoms with Gasteiger partial charge in [-0.05, 0) is 19.4 Å². The van der Waals surface area contributed by atoms with Crippen LogP contribution in [0.25, 0.3) is 0 Å². The highest BCUT2D eigenvalue weighted by atomic mass is 16.5. The molecular formula is C15H14N4O. The van der Waals surface area contributed by atoms with Gasteiger partial charge in [-0.25, -0.2) is 0 Å². The van der Waals surface area contributed by atoms with Gasteiger partial charge in [-0.15, -0.1) is 5.10 Å². The summed E-state index contributed by atoms with van der Waals surface area (Å²) in [6.45, 7) is 3.87. The lowest BCUT2D eigenvalue weighted by molar-refractivity contribution is 0.372. The van der Waals surface area contributed by atoms with E-state index in [1.165, 1.54) is 0 Å². The van der Waals surface area contributed by atoms with E-state index >= 15 is 0 Å². The van der Waals surface area contributed by atoms with Crippen molar-refractivity contribution in [3.63, 3.8) is 0 Å². The molecule has 2 heterocycles. The Morgan fingerprint density at radius 3 is 2.75 bits per heavy atom. The SMILES string of the molecule is Cc1[nH]nc2c1C(C)(c1ccccc1)C(C#N)C(=N)O2. The average molecular weight is 266 g/mol. The summed E-state index contributed by atoms with van der Waals surface area (Å²) in [7, 11) is 0. The molecule has 100 valence electrons. The van der Waals surface area contributed by atoms with Gasteiger partial charge < -0.3 is 4.74 Å². The molecule has 0 aliphatic carbocycles. The van der Waals surface area contributed by atoms with Gasteiger partial charge in [0.1, 0.15) is 5.92 Å². The summed E-state index contributed by atoms with van der Waals surface area (Å²) >= 11 is 0. The Balaban J connectivity index is 2.32. The van der Waals surface area contributed by atoms with Gasteiger partial charge in [0, 0.05) is 16.7 Å². The first-order valence-corrected chi connectivity index (χ1v) is 6.36. The van der Waals surface area contributed by atoms with Crippen molar-refractivity contribution in [2.24, 2.45) is 5.92 Å². The average Bonchev–Trinajstić information content (AvgIpc) is 2.82. The Bertz CT molecular complexity index is 713. The molecule has 0 amide bonds. The van der Waals surface area contributed by atoms with Crippen LogP contribution < -0.4 is 4.74 Å². The maximum absolute atomic E-state index is 9.51. The van der Waals surface area contributed by atoms with E-state index in [9.17, 15) is 5.26 Å². The van der Waals surface area contributed by atoms with E-state index < -0.39 is 11.3 Å². The summed E-state index contributed by atoms with van der Waals surface area (Å²) in [5.74, 6) is -0.336. The number of nitrogens with one attached hydrogen (secondary N) is 2. The van der Waals surface area contributed by atoms with Crippen molar-refractivity contribution in [2.45, 2.75) is 19.3 Å². The largest absolute Gasteiger partial charge is 0.422 e. The Labute approximate surface area is 116 Å². The highest BCUT2D eigenvalue weighted by Gasteiger charge is 2.49. The number of benzene rings is 1. The minimum Gasteiger partial charge on any atom is -0.422 e. The lowest BCUT2D eigenvalue weighted by atomic mass is 9.66. The van der Waals surface area contributed by atoms with Gasteiger partial charge in [0.05, 0.1) is 6.07 Å². The van der Waals surface area contributed by atoms with Crippen LogP contribution in [0.3, 0.4) is 0 Å². The molecule has 2 unspecified atom stereocenters. The van der Waals surface area contributed by atoms with Gasteiger partial charge >= 0.3 is 0 Å². The maximum atomic E-state index is 9.51. The molecule has 20 heavy (non-hydrogen) atoms. The Morgan fingerprint density at radius 2 is 2.10 bits per heavy atom. The van der Waals surface area contributed by atoms with Gasteiger partial charge in [-0.1, -0.05) is 30.3 Å². The molecule has 1 aliphatic rings. The highest BCUT2D eigenvalue weighted by Crippen LogP contribution is 2.47. The van der Waals surface area contributed by atoms with Gasteiger partial charge in [-0.3, -0.25) is 10.5 Å². The predicted octanol–water partition coefficient (Wildman–Crippen LogP) is 2.53. The van der Waals surface area contributed by atoms with Crippen molar-refractivity contribution in [1.82, 2.24) is 10.2 Å². The third kappa shape index (κ3) is 1.48. The zero-order valence-corrected chi connectivity index (χ0v) is 11.3. The molecule has 0 fully saturated rings. The van der Waals surface area contributed by atoms with Crippen LogP contribution in [-0.2, 0) is 5.41 Å².